The monoisotopic (exact) mass is 148 g/mol. The van der Waals surface area contributed by atoms with E-state index in [2.05, 4.69) is 9.36 Å². The first-order valence-electron chi connectivity index (χ1n) is 2.18. The zero-order valence-corrected chi connectivity index (χ0v) is 5.96. The number of hydrogen-bond donors (Lipinski definition) is 0. The van der Waals surface area contributed by atoms with Crippen LogP contribution < -0.4 is 0 Å². The van der Waals surface area contributed by atoms with Crippen LogP contribution in [0.1, 0.15) is 10.8 Å². The standard InChI is InChI=1S/C4H5ClN2S/c1-3-6-4(2-5)7-8-3/h2H2,1H3. The van der Waals surface area contributed by atoms with Crippen LogP contribution in [0.4, 0.5) is 0 Å². The van der Waals surface area contributed by atoms with Gasteiger partial charge in [0, 0.05) is 0 Å². The van der Waals surface area contributed by atoms with E-state index in [1.165, 1.54) is 11.5 Å². The second-order valence-corrected chi connectivity index (χ2v) is 2.59. The zero-order chi connectivity index (χ0) is 5.98. The van der Waals surface area contributed by atoms with Crippen molar-refractivity contribution in [1.29, 1.82) is 0 Å². The Kier molecular flexibility index (Phi) is 1.81. The van der Waals surface area contributed by atoms with Crippen LogP contribution in [0.2, 0.25) is 0 Å². The Morgan fingerprint density at radius 2 is 2.50 bits per heavy atom. The SMILES string of the molecule is Cc1nc(CCl)ns1. The van der Waals surface area contributed by atoms with Gasteiger partial charge in [0.15, 0.2) is 5.82 Å². The summed E-state index contributed by atoms with van der Waals surface area (Å²) >= 11 is 6.81. The summed E-state index contributed by atoms with van der Waals surface area (Å²) in [5.41, 5.74) is 0. The summed E-state index contributed by atoms with van der Waals surface area (Å²) < 4.78 is 3.93. The second-order valence-electron chi connectivity index (χ2n) is 1.36. The highest BCUT2D eigenvalue weighted by atomic mass is 35.5. The Bertz CT molecular complexity index is 174. The fourth-order valence-corrected chi connectivity index (χ4v) is 1.08. The summed E-state index contributed by atoms with van der Waals surface area (Å²) in [4.78, 5) is 4.00. The van der Waals surface area contributed by atoms with Crippen LogP contribution in [0.25, 0.3) is 0 Å². The van der Waals surface area contributed by atoms with Crippen molar-refractivity contribution in [1.82, 2.24) is 9.36 Å². The molecule has 1 aromatic heterocycles. The predicted octanol–water partition coefficient (Wildman–Crippen LogP) is 1.59. The minimum atomic E-state index is 0.421. The topological polar surface area (TPSA) is 25.8 Å². The van der Waals surface area contributed by atoms with Gasteiger partial charge in [-0.25, -0.2) is 4.98 Å². The lowest BCUT2D eigenvalue weighted by atomic mass is 10.7. The van der Waals surface area contributed by atoms with E-state index in [0.717, 1.165) is 10.8 Å². The molecule has 0 unspecified atom stereocenters. The Morgan fingerprint density at radius 3 is 2.75 bits per heavy atom. The van der Waals surface area contributed by atoms with Crippen LogP contribution in [0.5, 0.6) is 0 Å². The molecule has 0 saturated heterocycles. The van der Waals surface area contributed by atoms with E-state index in [4.69, 9.17) is 11.6 Å². The predicted molar refractivity (Wildman–Crippen MR) is 34.2 cm³/mol. The average Bonchev–Trinajstić information content (AvgIpc) is 2.14. The van der Waals surface area contributed by atoms with Crippen molar-refractivity contribution in [3.05, 3.63) is 10.8 Å². The molecule has 0 N–H and O–H groups in total. The summed E-state index contributed by atoms with van der Waals surface area (Å²) in [7, 11) is 0. The summed E-state index contributed by atoms with van der Waals surface area (Å²) in [5.74, 6) is 1.15. The van der Waals surface area contributed by atoms with E-state index in [1.54, 1.807) is 0 Å². The summed E-state index contributed by atoms with van der Waals surface area (Å²) in [6.07, 6.45) is 0. The molecule has 1 aromatic rings. The molecule has 1 heterocycles. The van der Waals surface area contributed by atoms with Crippen LogP contribution in [0.15, 0.2) is 0 Å². The van der Waals surface area contributed by atoms with Gasteiger partial charge in [-0.05, 0) is 18.5 Å². The lowest BCUT2D eigenvalue weighted by Gasteiger charge is -1.75. The van der Waals surface area contributed by atoms with E-state index >= 15 is 0 Å². The number of rotatable bonds is 1. The Labute approximate surface area is 56.7 Å². The normalized spacial score (nSPS) is 9.75. The van der Waals surface area contributed by atoms with Crippen LogP contribution in [-0.2, 0) is 5.88 Å². The quantitative estimate of drug-likeness (QED) is 0.566. The number of hydrogen-bond acceptors (Lipinski definition) is 3. The van der Waals surface area contributed by atoms with Gasteiger partial charge in [0.05, 0.1) is 5.88 Å². The molecule has 1 rings (SSSR count). The molecule has 0 aliphatic heterocycles. The minimum Gasteiger partial charge on any atom is -0.224 e. The fourth-order valence-electron chi connectivity index (χ4n) is 0.396. The maximum atomic E-state index is 5.42. The highest BCUT2D eigenvalue weighted by molar-refractivity contribution is 7.05. The van der Waals surface area contributed by atoms with Crippen molar-refractivity contribution in [2.75, 3.05) is 0 Å². The molecule has 8 heavy (non-hydrogen) atoms. The fraction of sp³-hybridized carbons (Fsp3) is 0.500. The smallest absolute Gasteiger partial charge is 0.157 e. The zero-order valence-electron chi connectivity index (χ0n) is 4.39. The highest BCUT2D eigenvalue weighted by Crippen LogP contribution is 2.03. The van der Waals surface area contributed by atoms with Crippen molar-refractivity contribution in [3.8, 4) is 0 Å². The summed E-state index contributed by atoms with van der Waals surface area (Å²) in [5, 5.41) is 0.973. The molecule has 0 aliphatic rings. The lowest BCUT2D eigenvalue weighted by Crippen LogP contribution is -1.77. The van der Waals surface area contributed by atoms with Crippen LogP contribution in [0.3, 0.4) is 0 Å². The van der Waals surface area contributed by atoms with Gasteiger partial charge in [-0.2, -0.15) is 4.37 Å². The third-order valence-electron chi connectivity index (χ3n) is 0.689. The van der Waals surface area contributed by atoms with E-state index < -0.39 is 0 Å². The Balaban J connectivity index is 2.84. The number of halogens is 1. The Morgan fingerprint density at radius 1 is 1.75 bits per heavy atom. The molecule has 0 saturated carbocycles. The third-order valence-corrected chi connectivity index (χ3v) is 1.59. The molecule has 4 heteroatoms. The van der Waals surface area contributed by atoms with Gasteiger partial charge in [-0.3, -0.25) is 0 Å². The van der Waals surface area contributed by atoms with E-state index in [-0.39, 0.29) is 0 Å². The molecule has 44 valence electrons. The van der Waals surface area contributed by atoms with E-state index in [0.29, 0.717) is 5.88 Å². The number of aryl methyl sites for hydroxylation is 1. The maximum absolute atomic E-state index is 5.42. The molecular formula is C4H5ClN2S. The van der Waals surface area contributed by atoms with Crippen LogP contribution >= 0.6 is 23.1 Å². The van der Waals surface area contributed by atoms with Gasteiger partial charge in [-0.15, -0.1) is 11.6 Å². The van der Waals surface area contributed by atoms with E-state index in [1.807, 2.05) is 6.92 Å². The van der Waals surface area contributed by atoms with Crippen molar-refractivity contribution in [2.45, 2.75) is 12.8 Å². The second kappa shape index (κ2) is 2.42. The molecule has 0 aliphatic carbocycles. The molecular weight excluding hydrogens is 144 g/mol. The van der Waals surface area contributed by atoms with Crippen LogP contribution in [0, 0.1) is 6.92 Å². The molecule has 0 fully saturated rings. The Hall–Kier alpha value is -0.150. The van der Waals surface area contributed by atoms with Gasteiger partial charge in [-0.1, -0.05) is 0 Å². The maximum Gasteiger partial charge on any atom is 0.157 e. The van der Waals surface area contributed by atoms with Crippen LogP contribution in [-0.4, -0.2) is 9.36 Å². The summed E-state index contributed by atoms with van der Waals surface area (Å²) in [6, 6.07) is 0. The molecule has 0 spiro atoms. The highest BCUT2D eigenvalue weighted by Gasteiger charge is 1.94. The molecule has 0 radical (unpaired) electrons. The summed E-state index contributed by atoms with van der Waals surface area (Å²) in [6.45, 7) is 1.91. The molecule has 0 amide bonds. The van der Waals surface area contributed by atoms with Crippen molar-refractivity contribution < 1.29 is 0 Å². The third kappa shape index (κ3) is 1.17. The van der Waals surface area contributed by atoms with Gasteiger partial charge in [0.25, 0.3) is 0 Å². The first kappa shape index (κ1) is 5.98. The largest absolute Gasteiger partial charge is 0.224 e. The van der Waals surface area contributed by atoms with Gasteiger partial charge < -0.3 is 0 Å². The molecule has 2 nitrogen and oxygen atoms in total. The molecule has 0 atom stereocenters. The van der Waals surface area contributed by atoms with E-state index in [9.17, 15) is 0 Å². The van der Waals surface area contributed by atoms with Gasteiger partial charge in [0.2, 0.25) is 0 Å². The van der Waals surface area contributed by atoms with Crippen molar-refractivity contribution >= 4 is 23.1 Å². The van der Waals surface area contributed by atoms with Crippen molar-refractivity contribution in [2.24, 2.45) is 0 Å². The number of nitrogens with zero attached hydrogens (tertiary/aromatic N) is 2. The first-order valence-corrected chi connectivity index (χ1v) is 3.49. The van der Waals surface area contributed by atoms with Gasteiger partial charge in [0.1, 0.15) is 5.01 Å². The minimum absolute atomic E-state index is 0.421. The van der Waals surface area contributed by atoms with Gasteiger partial charge >= 0.3 is 0 Å². The average molecular weight is 149 g/mol. The lowest BCUT2D eigenvalue weighted by molar-refractivity contribution is 1.10. The van der Waals surface area contributed by atoms with Crippen molar-refractivity contribution in [3.63, 3.8) is 0 Å². The molecule has 0 aromatic carbocycles. The first-order chi connectivity index (χ1) is 3.83. The molecule has 0 bridgehead atoms. The number of alkyl halides is 1. The number of aromatic nitrogens is 2.